The molecule has 0 atom stereocenters. The molecular weight excluding hydrogens is 466 g/mol. The van der Waals surface area contributed by atoms with Gasteiger partial charge >= 0.3 is 0 Å². The van der Waals surface area contributed by atoms with E-state index in [0.717, 1.165) is 39.0 Å². The fourth-order valence-corrected chi connectivity index (χ4v) is 3.99. The molecule has 0 saturated carbocycles. The summed E-state index contributed by atoms with van der Waals surface area (Å²) in [5, 5.41) is 9.90. The predicted molar refractivity (Wildman–Crippen MR) is 161 cm³/mol. The van der Waals surface area contributed by atoms with Crippen LogP contribution in [0.25, 0.3) is 22.3 Å². The largest absolute Gasteiger partial charge is 0.508 e. The van der Waals surface area contributed by atoms with Crippen molar-refractivity contribution in [1.29, 1.82) is 0 Å². The van der Waals surface area contributed by atoms with Gasteiger partial charge in [-0.15, -0.1) is 0 Å². The highest BCUT2D eigenvalue weighted by atomic mass is 16.3. The van der Waals surface area contributed by atoms with E-state index in [0.29, 0.717) is 18.2 Å². The molecule has 0 aliphatic rings. The second-order valence-electron chi connectivity index (χ2n) is 8.49. The van der Waals surface area contributed by atoms with Crippen molar-refractivity contribution in [3.05, 3.63) is 151 Å². The Morgan fingerprint density at radius 1 is 0.737 bits per heavy atom. The topological polar surface area (TPSA) is 57.3 Å². The highest BCUT2D eigenvalue weighted by Crippen LogP contribution is 2.29. The first-order chi connectivity index (χ1) is 18.6. The van der Waals surface area contributed by atoms with E-state index in [9.17, 15) is 5.11 Å². The molecule has 0 saturated heterocycles. The van der Waals surface area contributed by atoms with Gasteiger partial charge in [0, 0.05) is 11.1 Å². The van der Waals surface area contributed by atoms with E-state index < -0.39 is 0 Å². The Kier molecular flexibility index (Phi) is 8.72. The van der Waals surface area contributed by atoms with E-state index in [1.165, 1.54) is 0 Å². The molecule has 0 amide bonds. The summed E-state index contributed by atoms with van der Waals surface area (Å²) >= 11 is 0. The molecule has 0 spiro atoms. The summed E-state index contributed by atoms with van der Waals surface area (Å²) in [6.45, 7) is 12.0. The maximum absolute atomic E-state index is 9.90. The third-order valence-electron chi connectivity index (χ3n) is 5.89. The second-order valence-corrected chi connectivity index (χ2v) is 8.49. The van der Waals surface area contributed by atoms with E-state index in [4.69, 9.17) is 9.98 Å². The SMILES string of the molecule is C=C/C=C(\C=C)C(=NCc1ccccc1)N=C(N=C)c1cccc(-c2cccc(-c3cccc(O)c3)c2)c1. The van der Waals surface area contributed by atoms with E-state index in [-0.39, 0.29) is 5.75 Å². The number of nitrogens with zero attached hydrogens (tertiary/aromatic N) is 3. The van der Waals surface area contributed by atoms with Crippen LogP contribution in [-0.2, 0) is 6.54 Å². The van der Waals surface area contributed by atoms with Gasteiger partial charge in [-0.05, 0) is 58.8 Å². The monoisotopic (exact) mass is 495 g/mol. The number of phenols is 1. The van der Waals surface area contributed by atoms with Gasteiger partial charge in [0.05, 0.1) is 6.54 Å². The second kappa shape index (κ2) is 12.7. The fourth-order valence-electron chi connectivity index (χ4n) is 3.99. The molecule has 0 aliphatic heterocycles. The lowest BCUT2D eigenvalue weighted by Crippen LogP contribution is -2.06. The van der Waals surface area contributed by atoms with Crippen molar-refractivity contribution in [3.8, 4) is 28.0 Å². The summed E-state index contributed by atoms with van der Waals surface area (Å²) in [7, 11) is 0. The minimum Gasteiger partial charge on any atom is -0.508 e. The molecule has 4 heteroatoms. The standard InChI is InChI=1S/C34H29N3O/c1-4-12-26(5-2)34(36-24-25-13-7-6-8-14-25)37-33(35-3)31-19-10-17-29(22-31)27-15-9-16-28(21-27)30-18-11-20-32(38)23-30/h4-23,38H,1-3,24H2/b26-12+,36-34?,37-33?. The molecule has 0 aromatic heterocycles. The molecule has 0 aliphatic carbocycles. The Morgan fingerprint density at radius 3 is 2.00 bits per heavy atom. The van der Waals surface area contributed by atoms with Crippen molar-refractivity contribution in [2.45, 2.75) is 6.54 Å². The summed E-state index contributed by atoms with van der Waals surface area (Å²) in [6, 6.07) is 33.4. The summed E-state index contributed by atoms with van der Waals surface area (Å²) in [6.07, 6.45) is 5.22. The Hall–Kier alpha value is -5.09. The minimum absolute atomic E-state index is 0.238. The number of allylic oxidation sites excluding steroid dienone is 2. The lowest BCUT2D eigenvalue weighted by molar-refractivity contribution is 0.475. The number of aliphatic imine (C=N–C) groups is 3. The van der Waals surface area contributed by atoms with Crippen molar-refractivity contribution in [2.24, 2.45) is 15.0 Å². The smallest absolute Gasteiger partial charge is 0.161 e. The predicted octanol–water partition coefficient (Wildman–Crippen LogP) is 8.07. The zero-order valence-electron chi connectivity index (χ0n) is 21.2. The molecule has 1 N–H and O–H groups in total. The first-order valence-corrected chi connectivity index (χ1v) is 12.2. The molecule has 4 nitrogen and oxygen atoms in total. The van der Waals surface area contributed by atoms with Crippen molar-refractivity contribution < 1.29 is 5.11 Å². The van der Waals surface area contributed by atoms with Gasteiger partial charge in [-0.25, -0.2) is 9.98 Å². The van der Waals surface area contributed by atoms with Crippen LogP contribution in [0, 0.1) is 0 Å². The first kappa shape index (κ1) is 26.0. The molecule has 0 radical (unpaired) electrons. The van der Waals surface area contributed by atoms with Gasteiger partial charge in [0.25, 0.3) is 0 Å². The van der Waals surface area contributed by atoms with Crippen molar-refractivity contribution in [1.82, 2.24) is 0 Å². The fraction of sp³-hybridized carbons (Fsp3) is 0.0294. The van der Waals surface area contributed by atoms with E-state index in [2.05, 4.69) is 37.0 Å². The quantitative estimate of drug-likeness (QED) is 0.150. The molecule has 0 bridgehead atoms. The summed E-state index contributed by atoms with van der Waals surface area (Å²) in [5.41, 5.74) is 6.63. The first-order valence-electron chi connectivity index (χ1n) is 12.2. The lowest BCUT2D eigenvalue weighted by atomic mass is 9.97. The van der Waals surface area contributed by atoms with E-state index >= 15 is 0 Å². The van der Waals surface area contributed by atoms with Crippen LogP contribution in [0.3, 0.4) is 0 Å². The van der Waals surface area contributed by atoms with Crippen molar-refractivity contribution in [3.63, 3.8) is 0 Å². The maximum Gasteiger partial charge on any atom is 0.161 e. The molecule has 186 valence electrons. The van der Waals surface area contributed by atoms with Crippen LogP contribution >= 0.6 is 0 Å². The minimum atomic E-state index is 0.238. The van der Waals surface area contributed by atoms with E-state index in [1.54, 1.807) is 24.3 Å². The Labute approximate surface area is 224 Å². The number of aromatic hydroxyl groups is 1. The highest BCUT2D eigenvalue weighted by molar-refractivity contribution is 6.13. The van der Waals surface area contributed by atoms with Crippen LogP contribution in [0.5, 0.6) is 5.75 Å². The summed E-state index contributed by atoms with van der Waals surface area (Å²) in [5.74, 6) is 1.20. The van der Waals surface area contributed by atoms with Crippen LogP contribution < -0.4 is 0 Å². The van der Waals surface area contributed by atoms with Gasteiger partial charge in [0.15, 0.2) is 11.7 Å². The number of amidine groups is 2. The van der Waals surface area contributed by atoms with Crippen LogP contribution in [-0.4, -0.2) is 23.5 Å². The molecule has 0 unspecified atom stereocenters. The van der Waals surface area contributed by atoms with Crippen molar-refractivity contribution >= 4 is 18.4 Å². The number of benzene rings is 4. The Balaban J connectivity index is 1.72. The van der Waals surface area contributed by atoms with Crippen LogP contribution in [0.4, 0.5) is 0 Å². The van der Waals surface area contributed by atoms with Gasteiger partial charge in [0.2, 0.25) is 0 Å². The zero-order valence-corrected chi connectivity index (χ0v) is 21.2. The third kappa shape index (κ3) is 6.56. The van der Waals surface area contributed by atoms with Crippen molar-refractivity contribution in [2.75, 3.05) is 0 Å². The normalized spacial score (nSPS) is 12.2. The number of hydrogen-bond acceptors (Lipinski definition) is 2. The van der Waals surface area contributed by atoms with Crippen LogP contribution in [0.15, 0.2) is 155 Å². The summed E-state index contributed by atoms with van der Waals surface area (Å²) < 4.78 is 0. The van der Waals surface area contributed by atoms with Crippen LogP contribution in [0.1, 0.15) is 11.1 Å². The molecule has 4 aromatic rings. The van der Waals surface area contributed by atoms with Gasteiger partial charge in [-0.1, -0.05) is 110 Å². The molecule has 4 aromatic carbocycles. The number of rotatable bonds is 8. The Morgan fingerprint density at radius 2 is 1.37 bits per heavy atom. The van der Waals surface area contributed by atoms with Gasteiger partial charge in [0.1, 0.15) is 5.75 Å². The highest BCUT2D eigenvalue weighted by Gasteiger charge is 2.10. The molecule has 4 rings (SSSR count). The average molecular weight is 496 g/mol. The molecule has 38 heavy (non-hydrogen) atoms. The van der Waals surface area contributed by atoms with Crippen LogP contribution in [0.2, 0.25) is 0 Å². The number of hydrogen-bond donors (Lipinski definition) is 1. The third-order valence-corrected chi connectivity index (χ3v) is 5.89. The van der Waals surface area contributed by atoms with Gasteiger partial charge in [-0.3, -0.25) is 4.99 Å². The maximum atomic E-state index is 9.90. The van der Waals surface area contributed by atoms with E-state index in [1.807, 2.05) is 84.9 Å². The summed E-state index contributed by atoms with van der Waals surface area (Å²) in [4.78, 5) is 13.8. The molecular formula is C34H29N3O. The average Bonchev–Trinajstić information content (AvgIpc) is 2.97. The molecule has 0 heterocycles. The molecule has 0 fully saturated rings. The number of phenolic OH excluding ortho intramolecular Hbond substituents is 1. The van der Waals surface area contributed by atoms with Gasteiger partial charge < -0.3 is 5.11 Å². The lowest BCUT2D eigenvalue weighted by Gasteiger charge is -2.09. The van der Waals surface area contributed by atoms with Gasteiger partial charge in [-0.2, -0.15) is 0 Å². The Bertz CT molecular complexity index is 1550. The zero-order chi connectivity index (χ0) is 26.7.